The van der Waals surface area contributed by atoms with Gasteiger partial charge >= 0.3 is 12.3 Å². The number of hydrogen-bond acceptors (Lipinski definition) is 11. The Kier molecular flexibility index (Phi) is 12.8. The third-order valence-electron chi connectivity index (χ3n) is 12.3. The minimum Gasteiger partial charge on any atom is -0.444 e. The fourth-order valence-electron chi connectivity index (χ4n) is 8.47. The van der Waals surface area contributed by atoms with Gasteiger partial charge in [0.25, 0.3) is 5.91 Å². The summed E-state index contributed by atoms with van der Waals surface area (Å²) >= 11 is 0. The summed E-state index contributed by atoms with van der Waals surface area (Å²) in [4.78, 5) is 73.6. The molecule has 3 heterocycles. The number of hydrogen-bond donors (Lipinski definition) is 4. The maximum absolute atomic E-state index is 14.7. The first-order chi connectivity index (χ1) is 29.6. The van der Waals surface area contributed by atoms with Gasteiger partial charge in [0, 0.05) is 44.0 Å². The van der Waals surface area contributed by atoms with E-state index in [1.807, 2.05) is 4.90 Å². The first-order valence-corrected chi connectivity index (χ1v) is 22.6. The first-order valence-electron chi connectivity index (χ1n) is 21.1. The molecule has 344 valence electrons. The Morgan fingerprint density at radius 3 is 2.30 bits per heavy atom. The Bertz CT molecular complexity index is 2250. The highest BCUT2D eigenvalue weighted by molar-refractivity contribution is 7.91. The molecule has 0 radical (unpaired) electrons. The van der Waals surface area contributed by atoms with Crippen molar-refractivity contribution in [2.24, 2.45) is 11.3 Å². The van der Waals surface area contributed by atoms with Gasteiger partial charge in [0.15, 0.2) is 0 Å². The van der Waals surface area contributed by atoms with Crippen molar-refractivity contribution < 1.29 is 59.4 Å². The van der Waals surface area contributed by atoms with Crippen LogP contribution in [-0.2, 0) is 57.9 Å². The van der Waals surface area contributed by atoms with Crippen molar-refractivity contribution in [2.75, 3.05) is 50.0 Å². The van der Waals surface area contributed by atoms with E-state index in [0.29, 0.717) is 63.4 Å². The van der Waals surface area contributed by atoms with E-state index >= 15 is 0 Å². The lowest BCUT2D eigenvalue weighted by Crippen LogP contribution is -2.58. The van der Waals surface area contributed by atoms with E-state index in [1.54, 1.807) is 45.9 Å². The number of benzene rings is 2. The van der Waals surface area contributed by atoms with Gasteiger partial charge in [-0.1, -0.05) is 40.2 Å². The minimum absolute atomic E-state index is 0.127. The average Bonchev–Trinajstić information content (AvgIpc) is 4.10. The second kappa shape index (κ2) is 17.5. The Hall–Kier alpha value is -5.02. The van der Waals surface area contributed by atoms with Crippen molar-refractivity contribution in [2.45, 2.75) is 108 Å². The van der Waals surface area contributed by atoms with Gasteiger partial charge in [0.2, 0.25) is 27.7 Å². The van der Waals surface area contributed by atoms with E-state index in [4.69, 9.17) is 9.47 Å². The van der Waals surface area contributed by atoms with Gasteiger partial charge in [-0.3, -0.25) is 33.7 Å². The molecule has 4 fully saturated rings. The number of sulfonamides is 1. The number of halogens is 4. The fourth-order valence-corrected chi connectivity index (χ4v) is 9.83. The van der Waals surface area contributed by atoms with Crippen LogP contribution < -0.4 is 20.7 Å². The highest BCUT2D eigenvalue weighted by atomic mass is 32.2. The lowest BCUT2D eigenvalue weighted by atomic mass is 9.85. The number of alkyl halides is 3. The Morgan fingerprint density at radius 2 is 1.67 bits per heavy atom. The number of ether oxygens (including phenoxy) is 2. The summed E-state index contributed by atoms with van der Waals surface area (Å²) in [5.74, 6) is -4.33. The van der Waals surface area contributed by atoms with Gasteiger partial charge in [0.1, 0.15) is 29.5 Å². The number of anilines is 2. The number of amides is 5. The smallest absolute Gasteiger partial charge is 0.416 e. The number of nitrogens with zero attached hydrogens (tertiary/aromatic N) is 3. The zero-order valence-electron chi connectivity index (χ0n) is 35.5. The largest absolute Gasteiger partial charge is 0.444 e. The van der Waals surface area contributed by atoms with Crippen LogP contribution in [0, 0.1) is 17.2 Å². The lowest BCUT2D eigenvalue weighted by molar-refractivity contribution is -0.141. The summed E-state index contributed by atoms with van der Waals surface area (Å²) in [5.41, 5.74) is -2.16. The van der Waals surface area contributed by atoms with E-state index in [2.05, 4.69) is 20.7 Å². The lowest BCUT2D eigenvalue weighted by Gasteiger charge is -2.36. The van der Waals surface area contributed by atoms with E-state index in [9.17, 15) is 50.0 Å². The molecule has 16 nitrogen and oxygen atoms in total. The van der Waals surface area contributed by atoms with Gasteiger partial charge in [-0.25, -0.2) is 17.6 Å². The van der Waals surface area contributed by atoms with Crippen molar-refractivity contribution in [3.63, 3.8) is 0 Å². The van der Waals surface area contributed by atoms with Crippen molar-refractivity contribution in [3.05, 3.63) is 58.9 Å². The second-order valence-corrected chi connectivity index (χ2v) is 20.1. The topological polar surface area (TPSA) is 196 Å². The highest BCUT2D eigenvalue weighted by Crippen LogP contribution is 2.47. The minimum atomic E-state index is -4.90. The van der Waals surface area contributed by atoms with Crippen LogP contribution in [0.4, 0.5) is 33.7 Å². The van der Waals surface area contributed by atoms with Gasteiger partial charge in [-0.15, -0.1) is 0 Å². The van der Waals surface area contributed by atoms with Crippen LogP contribution in [0.1, 0.15) is 76.5 Å². The molecule has 4 N–H and O–H groups in total. The zero-order valence-corrected chi connectivity index (χ0v) is 36.3. The molecule has 5 amide bonds. The number of fused-ring (bicyclic) bond motifs is 1. The molecule has 21 heteroatoms. The summed E-state index contributed by atoms with van der Waals surface area (Å²) in [6.45, 7) is 9.19. The van der Waals surface area contributed by atoms with Crippen molar-refractivity contribution in [1.82, 2.24) is 24.7 Å². The molecular weight excluding hydrogens is 855 g/mol. The second-order valence-electron chi connectivity index (χ2n) is 18.1. The van der Waals surface area contributed by atoms with Gasteiger partial charge < -0.3 is 30.3 Å². The number of carbonyl (C=O) groups excluding carboxylic acids is 5. The molecule has 2 aromatic carbocycles. The molecule has 2 saturated heterocycles. The monoisotopic (exact) mass is 907 g/mol. The van der Waals surface area contributed by atoms with Crippen LogP contribution in [-0.4, -0.2) is 121 Å². The molecule has 2 aliphatic carbocycles. The Morgan fingerprint density at radius 1 is 0.968 bits per heavy atom. The molecule has 2 aromatic rings. The molecule has 63 heavy (non-hydrogen) atoms. The molecule has 0 spiro atoms. The first kappa shape index (κ1) is 46.0. The van der Waals surface area contributed by atoms with E-state index in [1.165, 1.54) is 4.90 Å². The summed E-state index contributed by atoms with van der Waals surface area (Å²) in [6, 6.07) is 4.37. The third kappa shape index (κ3) is 10.5. The van der Waals surface area contributed by atoms with E-state index < -0.39 is 91.7 Å². The van der Waals surface area contributed by atoms with Crippen LogP contribution in [0.3, 0.4) is 0 Å². The van der Waals surface area contributed by atoms with Crippen molar-refractivity contribution in [1.29, 1.82) is 0 Å². The Balaban J connectivity index is 1.09. The summed E-state index contributed by atoms with van der Waals surface area (Å²) in [7, 11) is -3.98. The number of nitrogens with one attached hydrogen (secondary N) is 4. The standard InChI is InChI=1S/C42H53F4N7O9S/c1-5-26-19-41(26,38(57)50-63(59,60)32-8-9-32)49-36(55)33-18-31(22-53(33)37(56)35(40(2,3)4)48-30-16-27(42(44,45)46)15-28(43)17-30)62-39(58)52-20-24-6-7-29(14-25(24)21-52)47-34(54)23-51-10-12-61-13-11-51/h6-7,14-17,26,31-33,35,48H,5,8-13,18-23H2,1-4H3,(H,47,54)(H,49,55)(H,50,57)/t26-,31-,33+,35-,41-/m1/s1. The van der Waals surface area contributed by atoms with E-state index in [-0.39, 0.29) is 50.6 Å². The summed E-state index contributed by atoms with van der Waals surface area (Å²) < 4.78 is 94.5. The number of rotatable bonds is 13. The van der Waals surface area contributed by atoms with E-state index in [0.717, 1.165) is 22.1 Å². The molecule has 7 rings (SSSR count). The van der Waals surface area contributed by atoms with Crippen molar-refractivity contribution in [3.8, 4) is 0 Å². The Labute approximate surface area is 362 Å². The van der Waals surface area contributed by atoms with Gasteiger partial charge in [-0.05, 0) is 72.1 Å². The zero-order chi connectivity index (χ0) is 45.6. The van der Waals surface area contributed by atoms with Crippen LogP contribution in [0.25, 0.3) is 0 Å². The molecule has 0 bridgehead atoms. The molecule has 0 aromatic heterocycles. The maximum Gasteiger partial charge on any atom is 0.416 e. The highest BCUT2D eigenvalue weighted by Gasteiger charge is 2.62. The van der Waals surface area contributed by atoms with Crippen LogP contribution >= 0.6 is 0 Å². The molecule has 2 saturated carbocycles. The normalized spacial score (nSPS) is 24.3. The van der Waals surface area contributed by atoms with Crippen LogP contribution in [0.15, 0.2) is 36.4 Å². The molecule has 0 unspecified atom stereocenters. The molecule has 5 aliphatic rings. The predicted molar refractivity (Wildman–Crippen MR) is 220 cm³/mol. The molecular formula is C42H53F4N7O9S. The van der Waals surface area contributed by atoms with Crippen LogP contribution in [0.5, 0.6) is 0 Å². The van der Waals surface area contributed by atoms with Crippen LogP contribution in [0.2, 0.25) is 0 Å². The third-order valence-corrected chi connectivity index (χ3v) is 14.1. The SMILES string of the molecule is CC[C@@H]1C[C@]1(NC(=O)[C@@H]1C[C@@H](OC(=O)N2Cc3ccc(NC(=O)CN4CCOCC4)cc3C2)CN1C(=O)[C@@H](Nc1cc(F)cc(C(F)(F)F)c1)C(C)(C)C)C(=O)NS(=O)(=O)C1CC1. The van der Waals surface area contributed by atoms with Gasteiger partial charge in [-0.2, -0.15) is 13.2 Å². The number of morpholine rings is 1. The predicted octanol–water partition coefficient (Wildman–Crippen LogP) is 3.96. The van der Waals surface area contributed by atoms with Crippen molar-refractivity contribution >= 4 is 51.1 Å². The number of carbonyl (C=O) groups is 5. The average molecular weight is 908 g/mol. The fraction of sp³-hybridized carbons (Fsp3) is 0.595. The number of likely N-dealkylation sites (tertiary alicyclic amines) is 1. The molecule has 5 atom stereocenters. The maximum atomic E-state index is 14.7. The summed E-state index contributed by atoms with van der Waals surface area (Å²) in [5, 5.41) is 7.65. The quantitative estimate of drug-likeness (QED) is 0.213. The van der Waals surface area contributed by atoms with Gasteiger partial charge in [0.05, 0.1) is 37.1 Å². The molecule has 3 aliphatic heterocycles. The summed E-state index contributed by atoms with van der Waals surface area (Å²) in [6.07, 6.45) is -5.65.